The third-order valence-electron chi connectivity index (χ3n) is 3.51. The van der Waals surface area contributed by atoms with Crippen LogP contribution in [0.5, 0.6) is 0 Å². The van der Waals surface area contributed by atoms with Gasteiger partial charge in [-0.15, -0.1) is 0 Å². The minimum Gasteiger partial charge on any atom is -0.374 e. The van der Waals surface area contributed by atoms with Crippen LogP contribution in [-0.4, -0.2) is 36.5 Å². The highest BCUT2D eigenvalue weighted by atomic mass is 16.5. The molecule has 0 aliphatic rings. The van der Waals surface area contributed by atoms with E-state index in [4.69, 9.17) is 4.74 Å². The number of rotatable bonds is 5. The Hall–Kier alpha value is -2.20. The largest absolute Gasteiger partial charge is 0.374 e. The number of carbonyl (C=O) groups is 1. The summed E-state index contributed by atoms with van der Waals surface area (Å²) in [6, 6.07) is 11.8. The van der Waals surface area contributed by atoms with Crippen LogP contribution in [0.15, 0.2) is 42.6 Å². The first-order chi connectivity index (χ1) is 10.5. The van der Waals surface area contributed by atoms with Crippen molar-refractivity contribution in [3.8, 4) is 11.3 Å². The molecule has 0 radical (unpaired) electrons. The van der Waals surface area contributed by atoms with Gasteiger partial charge in [0, 0.05) is 32.5 Å². The van der Waals surface area contributed by atoms with Crippen molar-refractivity contribution in [3.63, 3.8) is 0 Å². The Morgan fingerprint density at radius 1 is 1.18 bits per heavy atom. The molecule has 116 valence electrons. The van der Waals surface area contributed by atoms with Gasteiger partial charge in [-0.05, 0) is 31.5 Å². The monoisotopic (exact) mass is 298 g/mol. The number of hydrogen-bond acceptors (Lipinski definition) is 3. The molecule has 0 saturated carbocycles. The topological polar surface area (TPSA) is 42.4 Å². The maximum Gasteiger partial charge on any atom is 0.254 e. The van der Waals surface area contributed by atoms with Gasteiger partial charge in [0.1, 0.15) is 0 Å². The number of nitrogens with zero attached hydrogens (tertiary/aromatic N) is 2. The third-order valence-corrected chi connectivity index (χ3v) is 3.51. The van der Waals surface area contributed by atoms with Crippen molar-refractivity contribution >= 4 is 5.91 Å². The lowest BCUT2D eigenvalue weighted by atomic mass is 10.1. The summed E-state index contributed by atoms with van der Waals surface area (Å²) in [5.41, 5.74) is 3.61. The molecule has 0 N–H and O–H groups in total. The minimum atomic E-state index is -0.0417. The fourth-order valence-electron chi connectivity index (χ4n) is 2.22. The lowest BCUT2D eigenvalue weighted by Gasteiger charge is -2.12. The first-order valence-electron chi connectivity index (χ1n) is 7.42. The van der Waals surface area contributed by atoms with Crippen molar-refractivity contribution in [3.05, 3.63) is 53.7 Å². The summed E-state index contributed by atoms with van der Waals surface area (Å²) in [4.78, 5) is 17.8. The SMILES string of the molecule is CCO[C@@H](C)c1ccc(-c2ccc(C(=O)N(C)C)cn2)cc1. The van der Waals surface area contributed by atoms with Crippen molar-refractivity contribution in [1.29, 1.82) is 0 Å². The van der Waals surface area contributed by atoms with Crippen molar-refractivity contribution in [2.24, 2.45) is 0 Å². The number of aromatic nitrogens is 1. The molecular weight excluding hydrogens is 276 g/mol. The van der Waals surface area contributed by atoms with E-state index in [2.05, 4.69) is 17.1 Å². The minimum absolute atomic E-state index is 0.0417. The van der Waals surface area contributed by atoms with Crippen LogP contribution >= 0.6 is 0 Å². The molecule has 1 amide bonds. The van der Waals surface area contributed by atoms with Crippen molar-refractivity contribution < 1.29 is 9.53 Å². The third kappa shape index (κ3) is 3.71. The second-order valence-electron chi connectivity index (χ2n) is 5.35. The van der Waals surface area contributed by atoms with Gasteiger partial charge in [0.15, 0.2) is 0 Å². The molecule has 2 rings (SSSR count). The van der Waals surface area contributed by atoms with E-state index in [0.717, 1.165) is 16.8 Å². The molecule has 2 aromatic rings. The summed E-state index contributed by atoms with van der Waals surface area (Å²) in [6.07, 6.45) is 1.71. The molecule has 0 unspecified atom stereocenters. The lowest BCUT2D eigenvalue weighted by Crippen LogP contribution is -2.21. The van der Waals surface area contributed by atoms with Crippen molar-refractivity contribution in [2.45, 2.75) is 20.0 Å². The van der Waals surface area contributed by atoms with Crippen LogP contribution in [0, 0.1) is 0 Å². The van der Waals surface area contributed by atoms with Gasteiger partial charge in [-0.25, -0.2) is 0 Å². The first kappa shape index (κ1) is 16.2. The number of ether oxygens (including phenoxy) is 1. The van der Waals surface area contributed by atoms with E-state index in [1.54, 1.807) is 31.3 Å². The Bertz CT molecular complexity index is 619. The second kappa shape index (κ2) is 7.18. The molecule has 0 spiro atoms. The summed E-state index contributed by atoms with van der Waals surface area (Å²) >= 11 is 0. The van der Waals surface area contributed by atoms with Gasteiger partial charge in [-0.2, -0.15) is 0 Å². The standard InChI is InChI=1S/C18H22N2O2/c1-5-22-13(2)14-6-8-15(9-7-14)17-11-10-16(12-19-17)18(21)20(3)4/h6-13H,5H2,1-4H3/t13-/m0/s1. The number of carbonyl (C=O) groups excluding carboxylic acids is 1. The zero-order valence-corrected chi connectivity index (χ0v) is 13.5. The maximum absolute atomic E-state index is 11.8. The van der Waals surface area contributed by atoms with Crippen LogP contribution in [-0.2, 0) is 4.74 Å². The highest BCUT2D eigenvalue weighted by Gasteiger charge is 2.09. The van der Waals surface area contributed by atoms with Gasteiger partial charge >= 0.3 is 0 Å². The van der Waals surface area contributed by atoms with Crippen molar-refractivity contribution in [1.82, 2.24) is 9.88 Å². The Kier molecular flexibility index (Phi) is 5.28. The smallest absolute Gasteiger partial charge is 0.254 e. The van der Waals surface area contributed by atoms with E-state index < -0.39 is 0 Å². The van der Waals surface area contributed by atoms with Gasteiger partial charge < -0.3 is 9.64 Å². The lowest BCUT2D eigenvalue weighted by molar-refractivity contribution is 0.0764. The average molecular weight is 298 g/mol. The van der Waals surface area contributed by atoms with Crippen LogP contribution in [0.3, 0.4) is 0 Å². The molecule has 1 aromatic heterocycles. The summed E-state index contributed by atoms with van der Waals surface area (Å²) in [5.74, 6) is -0.0417. The van der Waals surface area contributed by atoms with Crippen LogP contribution in [0.25, 0.3) is 11.3 Å². The molecule has 1 heterocycles. The summed E-state index contributed by atoms with van der Waals surface area (Å²) < 4.78 is 5.58. The first-order valence-corrected chi connectivity index (χ1v) is 7.42. The van der Waals surface area contributed by atoms with E-state index >= 15 is 0 Å². The Morgan fingerprint density at radius 3 is 2.36 bits per heavy atom. The number of hydrogen-bond donors (Lipinski definition) is 0. The number of amides is 1. The molecule has 0 aliphatic carbocycles. The van der Waals surface area contributed by atoms with Crippen molar-refractivity contribution in [2.75, 3.05) is 20.7 Å². The van der Waals surface area contributed by atoms with Crippen LogP contribution in [0.1, 0.15) is 35.9 Å². The summed E-state index contributed by atoms with van der Waals surface area (Å²) in [5, 5.41) is 0. The number of benzene rings is 1. The molecule has 1 atom stereocenters. The van der Waals surface area contributed by atoms with Crippen LogP contribution in [0.2, 0.25) is 0 Å². The predicted molar refractivity (Wildman–Crippen MR) is 87.7 cm³/mol. The zero-order valence-electron chi connectivity index (χ0n) is 13.5. The quantitative estimate of drug-likeness (QED) is 0.848. The summed E-state index contributed by atoms with van der Waals surface area (Å²) in [7, 11) is 3.46. The Labute approximate surface area is 131 Å². The molecule has 4 heteroatoms. The summed E-state index contributed by atoms with van der Waals surface area (Å²) in [6.45, 7) is 4.73. The molecular formula is C18H22N2O2. The molecule has 4 nitrogen and oxygen atoms in total. The van der Waals surface area contributed by atoms with E-state index in [0.29, 0.717) is 12.2 Å². The zero-order chi connectivity index (χ0) is 16.1. The fraction of sp³-hybridized carbons (Fsp3) is 0.333. The fourth-order valence-corrected chi connectivity index (χ4v) is 2.22. The van der Waals surface area contributed by atoms with Gasteiger partial charge in [-0.1, -0.05) is 24.3 Å². The Morgan fingerprint density at radius 2 is 1.86 bits per heavy atom. The van der Waals surface area contributed by atoms with Crippen LogP contribution in [0.4, 0.5) is 0 Å². The highest BCUT2D eigenvalue weighted by Crippen LogP contribution is 2.22. The van der Waals surface area contributed by atoms with E-state index in [1.807, 2.05) is 32.0 Å². The average Bonchev–Trinajstić information content (AvgIpc) is 2.54. The molecule has 0 bridgehead atoms. The van der Waals surface area contributed by atoms with E-state index in [9.17, 15) is 4.79 Å². The Balaban J connectivity index is 2.17. The maximum atomic E-state index is 11.8. The highest BCUT2D eigenvalue weighted by molar-refractivity contribution is 5.93. The predicted octanol–water partition coefficient (Wildman–Crippen LogP) is 3.55. The van der Waals surface area contributed by atoms with E-state index in [-0.39, 0.29) is 12.0 Å². The second-order valence-corrected chi connectivity index (χ2v) is 5.35. The van der Waals surface area contributed by atoms with Gasteiger partial charge in [0.25, 0.3) is 5.91 Å². The molecule has 0 saturated heterocycles. The molecule has 0 aliphatic heterocycles. The van der Waals surface area contributed by atoms with Gasteiger partial charge in [0.05, 0.1) is 17.4 Å². The van der Waals surface area contributed by atoms with Gasteiger partial charge in [0.2, 0.25) is 0 Å². The normalized spacial score (nSPS) is 12.0. The molecule has 1 aromatic carbocycles. The molecule has 0 fully saturated rings. The molecule has 22 heavy (non-hydrogen) atoms. The van der Waals surface area contributed by atoms with E-state index in [1.165, 1.54) is 0 Å². The number of pyridine rings is 1. The van der Waals surface area contributed by atoms with Gasteiger partial charge in [-0.3, -0.25) is 9.78 Å². The van der Waals surface area contributed by atoms with Crippen LogP contribution < -0.4 is 0 Å².